The lowest BCUT2D eigenvalue weighted by Crippen LogP contribution is -2.42. The minimum atomic E-state index is -1.05. The third-order valence-corrected chi connectivity index (χ3v) is 5.79. The van der Waals surface area contributed by atoms with Gasteiger partial charge in [-0.25, -0.2) is 4.79 Å². The van der Waals surface area contributed by atoms with E-state index in [-0.39, 0.29) is 29.1 Å². The lowest BCUT2D eigenvalue weighted by molar-refractivity contribution is -0.385. The maximum Gasteiger partial charge on any atom is 0.337 e. The molecule has 0 fully saturated rings. The number of nitrogens with zero attached hydrogens (tertiary/aromatic N) is 1. The maximum atomic E-state index is 11.7. The molecular formula is C19H20N2O4. The SMILES string of the molecule is O=C(O)c1ccc([N+](=O)[O-])c2c1N[C@H]([C@H]1CC=CCC1)[C@@H]1CC=C[C@H]21. The zero-order chi connectivity index (χ0) is 17.6. The van der Waals surface area contributed by atoms with E-state index in [1.165, 1.54) is 12.1 Å². The van der Waals surface area contributed by atoms with Crippen molar-refractivity contribution in [1.82, 2.24) is 0 Å². The van der Waals surface area contributed by atoms with Crippen LogP contribution < -0.4 is 5.32 Å². The average molecular weight is 340 g/mol. The third-order valence-electron chi connectivity index (χ3n) is 5.79. The first-order valence-corrected chi connectivity index (χ1v) is 8.70. The van der Waals surface area contributed by atoms with Crippen molar-refractivity contribution in [1.29, 1.82) is 0 Å². The van der Waals surface area contributed by atoms with E-state index in [4.69, 9.17) is 0 Å². The largest absolute Gasteiger partial charge is 0.478 e. The van der Waals surface area contributed by atoms with Gasteiger partial charge in [0.1, 0.15) is 0 Å². The number of hydrogen-bond acceptors (Lipinski definition) is 4. The molecule has 3 aliphatic rings. The zero-order valence-corrected chi connectivity index (χ0v) is 13.7. The summed E-state index contributed by atoms with van der Waals surface area (Å²) in [5.74, 6) is -0.480. The van der Waals surface area contributed by atoms with E-state index in [0.29, 0.717) is 17.2 Å². The number of nitro groups is 1. The molecule has 1 heterocycles. The molecule has 1 aromatic rings. The highest BCUT2D eigenvalue weighted by atomic mass is 16.6. The van der Waals surface area contributed by atoms with Crippen molar-refractivity contribution in [3.8, 4) is 0 Å². The maximum absolute atomic E-state index is 11.7. The van der Waals surface area contributed by atoms with Crippen LogP contribution in [0.3, 0.4) is 0 Å². The van der Waals surface area contributed by atoms with Crippen LogP contribution in [0.2, 0.25) is 0 Å². The van der Waals surface area contributed by atoms with Crippen LogP contribution in [0, 0.1) is 22.0 Å². The molecule has 0 spiro atoms. The molecule has 0 bridgehead atoms. The van der Waals surface area contributed by atoms with Crippen molar-refractivity contribution in [3.05, 3.63) is 57.7 Å². The van der Waals surface area contributed by atoms with E-state index in [1.807, 2.05) is 6.08 Å². The molecule has 2 aliphatic carbocycles. The minimum absolute atomic E-state index is 0.0102. The van der Waals surface area contributed by atoms with Crippen LogP contribution in [0.4, 0.5) is 11.4 Å². The highest BCUT2D eigenvalue weighted by molar-refractivity contribution is 5.97. The molecule has 4 rings (SSSR count). The number of fused-ring (bicyclic) bond motifs is 3. The minimum Gasteiger partial charge on any atom is -0.478 e. The standard InChI is InChI=1S/C19H20N2O4/c22-19(23)14-9-10-15(21(24)25)16-12-7-4-8-13(12)17(20-18(14)16)11-5-2-1-3-6-11/h1-2,4,7,9-13,17,20H,3,5-6,8H2,(H,22,23)/t11-,12-,13+,17+/m0/s1. The van der Waals surface area contributed by atoms with Crippen LogP contribution in [0.5, 0.6) is 0 Å². The number of nitrogens with one attached hydrogen (secondary N) is 1. The Morgan fingerprint density at radius 2 is 2.08 bits per heavy atom. The van der Waals surface area contributed by atoms with Gasteiger partial charge in [0.2, 0.25) is 0 Å². The van der Waals surface area contributed by atoms with E-state index >= 15 is 0 Å². The van der Waals surface area contributed by atoms with E-state index < -0.39 is 10.9 Å². The first-order chi connectivity index (χ1) is 12.1. The average Bonchev–Trinajstić information content (AvgIpc) is 3.10. The summed E-state index contributed by atoms with van der Waals surface area (Å²) in [5, 5.41) is 24.5. The van der Waals surface area contributed by atoms with Crippen LogP contribution in [0.1, 0.15) is 47.5 Å². The number of hydrogen-bond donors (Lipinski definition) is 2. The fraction of sp³-hybridized carbons (Fsp3) is 0.421. The predicted octanol–water partition coefficient (Wildman–Crippen LogP) is 4.10. The Bertz CT molecular complexity index is 799. The molecule has 130 valence electrons. The molecule has 0 aromatic heterocycles. The van der Waals surface area contributed by atoms with E-state index in [2.05, 4.69) is 23.5 Å². The van der Waals surface area contributed by atoms with Gasteiger partial charge < -0.3 is 10.4 Å². The third kappa shape index (κ3) is 2.52. The Kier molecular flexibility index (Phi) is 3.82. The molecule has 0 saturated heterocycles. The van der Waals surface area contributed by atoms with Gasteiger partial charge in [0, 0.05) is 18.0 Å². The normalized spacial score (nSPS) is 29.6. The monoisotopic (exact) mass is 340 g/mol. The lowest BCUT2D eigenvalue weighted by Gasteiger charge is -2.42. The van der Waals surface area contributed by atoms with Gasteiger partial charge in [-0.3, -0.25) is 10.1 Å². The molecule has 0 saturated carbocycles. The molecule has 6 heteroatoms. The lowest BCUT2D eigenvalue weighted by atomic mass is 9.71. The smallest absolute Gasteiger partial charge is 0.337 e. The summed E-state index contributed by atoms with van der Waals surface area (Å²) in [4.78, 5) is 22.8. The Balaban J connectivity index is 1.85. The quantitative estimate of drug-likeness (QED) is 0.491. The second-order valence-corrected chi connectivity index (χ2v) is 7.05. The number of aromatic carboxylic acids is 1. The second kappa shape index (κ2) is 6.02. The van der Waals surface area contributed by atoms with Crippen LogP contribution in [0.15, 0.2) is 36.4 Å². The topological polar surface area (TPSA) is 92.5 Å². The van der Waals surface area contributed by atoms with Gasteiger partial charge in [-0.15, -0.1) is 0 Å². The van der Waals surface area contributed by atoms with Gasteiger partial charge >= 0.3 is 5.97 Å². The van der Waals surface area contributed by atoms with Crippen LogP contribution in [-0.2, 0) is 0 Å². The molecule has 1 aliphatic heterocycles. The van der Waals surface area contributed by atoms with E-state index in [1.54, 1.807) is 0 Å². The number of anilines is 1. The first kappa shape index (κ1) is 15.9. The highest BCUT2D eigenvalue weighted by Crippen LogP contribution is 2.51. The number of carboxylic acid groups (broad SMARTS) is 1. The fourth-order valence-corrected chi connectivity index (χ4v) is 4.68. The van der Waals surface area contributed by atoms with Gasteiger partial charge in [0.05, 0.1) is 21.7 Å². The van der Waals surface area contributed by atoms with Gasteiger partial charge in [-0.2, -0.15) is 0 Å². The van der Waals surface area contributed by atoms with Gasteiger partial charge in [0.25, 0.3) is 5.69 Å². The molecule has 0 radical (unpaired) electrons. The highest BCUT2D eigenvalue weighted by Gasteiger charge is 2.44. The number of rotatable bonds is 3. The van der Waals surface area contributed by atoms with E-state index in [0.717, 1.165) is 25.7 Å². The summed E-state index contributed by atoms with van der Waals surface area (Å²) in [6.07, 6.45) is 12.4. The molecule has 0 amide bonds. The molecule has 1 aromatic carbocycles. The van der Waals surface area contributed by atoms with Gasteiger partial charge in [0.15, 0.2) is 0 Å². The van der Waals surface area contributed by atoms with Crippen molar-refractivity contribution in [3.63, 3.8) is 0 Å². The van der Waals surface area contributed by atoms with E-state index in [9.17, 15) is 20.0 Å². The molecule has 4 atom stereocenters. The number of nitro benzene ring substituents is 1. The molecule has 6 nitrogen and oxygen atoms in total. The Labute approximate surface area is 145 Å². The Hall–Kier alpha value is -2.63. The van der Waals surface area contributed by atoms with Crippen molar-refractivity contribution in [2.45, 2.75) is 37.6 Å². The summed E-state index contributed by atoms with van der Waals surface area (Å²) in [7, 11) is 0. The molecule has 2 N–H and O–H groups in total. The summed E-state index contributed by atoms with van der Waals surface area (Å²) in [5.41, 5.74) is 1.10. The summed E-state index contributed by atoms with van der Waals surface area (Å²) < 4.78 is 0. The Morgan fingerprint density at radius 3 is 2.76 bits per heavy atom. The predicted molar refractivity (Wildman–Crippen MR) is 93.9 cm³/mol. The zero-order valence-electron chi connectivity index (χ0n) is 13.7. The van der Waals surface area contributed by atoms with Gasteiger partial charge in [-0.05, 0) is 43.6 Å². The van der Waals surface area contributed by atoms with Crippen molar-refractivity contribution in [2.75, 3.05) is 5.32 Å². The fourth-order valence-electron chi connectivity index (χ4n) is 4.68. The van der Waals surface area contributed by atoms with Crippen LogP contribution in [-0.4, -0.2) is 22.0 Å². The van der Waals surface area contributed by atoms with Crippen LogP contribution >= 0.6 is 0 Å². The summed E-state index contributed by atoms with van der Waals surface area (Å²) >= 11 is 0. The number of allylic oxidation sites excluding steroid dienone is 4. The number of carbonyl (C=O) groups is 1. The first-order valence-electron chi connectivity index (χ1n) is 8.70. The second-order valence-electron chi connectivity index (χ2n) is 7.05. The number of benzene rings is 1. The summed E-state index contributed by atoms with van der Waals surface area (Å²) in [6, 6.07) is 2.82. The molecule has 0 unspecified atom stereocenters. The van der Waals surface area contributed by atoms with Crippen molar-refractivity contribution >= 4 is 17.3 Å². The molecule has 25 heavy (non-hydrogen) atoms. The van der Waals surface area contributed by atoms with Crippen molar-refractivity contribution in [2.24, 2.45) is 11.8 Å². The summed E-state index contributed by atoms with van der Waals surface area (Å²) in [6.45, 7) is 0. The van der Waals surface area contributed by atoms with Crippen molar-refractivity contribution < 1.29 is 14.8 Å². The Morgan fingerprint density at radius 1 is 1.24 bits per heavy atom. The van der Waals surface area contributed by atoms with Gasteiger partial charge in [-0.1, -0.05) is 24.3 Å². The van der Waals surface area contributed by atoms with Crippen LogP contribution in [0.25, 0.3) is 0 Å². The molecular weight excluding hydrogens is 320 g/mol. The number of carboxylic acids is 1.